The van der Waals surface area contributed by atoms with Gasteiger partial charge in [-0.2, -0.15) is 0 Å². The summed E-state index contributed by atoms with van der Waals surface area (Å²) in [5, 5.41) is 3.40. The quantitative estimate of drug-likeness (QED) is 0.830. The van der Waals surface area contributed by atoms with Gasteiger partial charge in [0.25, 0.3) is 0 Å². The first kappa shape index (κ1) is 14.8. The van der Waals surface area contributed by atoms with Crippen LogP contribution in [-0.4, -0.2) is 37.0 Å². The molecule has 0 atom stereocenters. The van der Waals surface area contributed by atoms with Gasteiger partial charge in [-0.25, -0.2) is 0 Å². The standard InChI is InChI=1S/C16H30N2O/c1-2-18(13-15-8-10-17-11-9-15)16(19)12-14-6-4-3-5-7-14/h14-15,17H,2-13H2,1H3. The summed E-state index contributed by atoms with van der Waals surface area (Å²) >= 11 is 0. The van der Waals surface area contributed by atoms with Crippen molar-refractivity contribution in [3.05, 3.63) is 0 Å². The van der Waals surface area contributed by atoms with Gasteiger partial charge in [-0.05, 0) is 57.5 Å². The Labute approximate surface area is 118 Å². The SMILES string of the molecule is CCN(CC1CCNCC1)C(=O)CC1CCCCC1. The van der Waals surface area contributed by atoms with Crippen LogP contribution < -0.4 is 5.32 Å². The minimum absolute atomic E-state index is 0.410. The number of nitrogens with one attached hydrogen (secondary N) is 1. The summed E-state index contributed by atoms with van der Waals surface area (Å²) in [7, 11) is 0. The van der Waals surface area contributed by atoms with Crippen LogP contribution in [0.5, 0.6) is 0 Å². The number of amides is 1. The van der Waals surface area contributed by atoms with Crippen molar-refractivity contribution in [3.63, 3.8) is 0 Å². The summed E-state index contributed by atoms with van der Waals surface area (Å²) in [5.74, 6) is 1.80. The Morgan fingerprint density at radius 2 is 1.74 bits per heavy atom. The van der Waals surface area contributed by atoms with Gasteiger partial charge in [0.1, 0.15) is 0 Å². The van der Waals surface area contributed by atoms with Crippen LogP contribution in [0, 0.1) is 11.8 Å². The van der Waals surface area contributed by atoms with Crippen LogP contribution in [0.15, 0.2) is 0 Å². The van der Waals surface area contributed by atoms with Gasteiger partial charge in [-0.3, -0.25) is 4.79 Å². The molecule has 1 aliphatic carbocycles. The molecule has 19 heavy (non-hydrogen) atoms. The molecule has 0 radical (unpaired) electrons. The molecular weight excluding hydrogens is 236 g/mol. The molecule has 0 bridgehead atoms. The second-order valence-corrected chi connectivity index (χ2v) is 6.33. The molecule has 0 aromatic rings. The summed E-state index contributed by atoms with van der Waals surface area (Å²) < 4.78 is 0. The van der Waals surface area contributed by atoms with E-state index in [1.807, 2.05) is 0 Å². The molecule has 0 unspecified atom stereocenters. The van der Waals surface area contributed by atoms with E-state index in [9.17, 15) is 4.79 Å². The number of nitrogens with zero attached hydrogens (tertiary/aromatic N) is 1. The van der Waals surface area contributed by atoms with Crippen molar-refractivity contribution in [2.24, 2.45) is 11.8 Å². The van der Waals surface area contributed by atoms with E-state index in [2.05, 4.69) is 17.1 Å². The van der Waals surface area contributed by atoms with Gasteiger partial charge in [-0.1, -0.05) is 19.3 Å². The Bertz CT molecular complexity index is 268. The fourth-order valence-electron chi connectivity index (χ4n) is 3.55. The summed E-state index contributed by atoms with van der Waals surface area (Å²) in [6.45, 7) is 6.25. The number of carbonyl (C=O) groups excluding carboxylic acids is 1. The van der Waals surface area contributed by atoms with E-state index in [0.29, 0.717) is 11.8 Å². The smallest absolute Gasteiger partial charge is 0.222 e. The molecule has 1 saturated heterocycles. The molecule has 2 aliphatic rings. The summed E-state index contributed by atoms with van der Waals surface area (Å²) in [4.78, 5) is 14.5. The number of hydrogen-bond donors (Lipinski definition) is 1. The molecule has 1 aliphatic heterocycles. The Hall–Kier alpha value is -0.570. The van der Waals surface area contributed by atoms with Gasteiger partial charge >= 0.3 is 0 Å². The maximum absolute atomic E-state index is 12.4. The minimum Gasteiger partial charge on any atom is -0.343 e. The molecule has 1 amide bonds. The summed E-state index contributed by atoms with van der Waals surface area (Å²) in [6, 6.07) is 0. The van der Waals surface area contributed by atoms with Crippen molar-refractivity contribution in [2.75, 3.05) is 26.2 Å². The lowest BCUT2D eigenvalue weighted by molar-refractivity contribution is -0.133. The highest BCUT2D eigenvalue weighted by Gasteiger charge is 2.23. The first-order valence-corrected chi connectivity index (χ1v) is 8.28. The van der Waals surface area contributed by atoms with E-state index in [4.69, 9.17) is 0 Å². The zero-order valence-electron chi connectivity index (χ0n) is 12.5. The van der Waals surface area contributed by atoms with E-state index < -0.39 is 0 Å². The highest BCUT2D eigenvalue weighted by molar-refractivity contribution is 5.76. The van der Waals surface area contributed by atoms with Crippen LogP contribution in [0.3, 0.4) is 0 Å². The third-order valence-corrected chi connectivity index (χ3v) is 4.86. The van der Waals surface area contributed by atoms with Crippen molar-refractivity contribution in [1.82, 2.24) is 10.2 Å². The van der Waals surface area contributed by atoms with Crippen molar-refractivity contribution >= 4 is 5.91 Å². The molecular formula is C16H30N2O. The minimum atomic E-state index is 0.410. The molecule has 3 nitrogen and oxygen atoms in total. The van der Waals surface area contributed by atoms with E-state index in [1.165, 1.54) is 44.9 Å². The number of piperidine rings is 1. The highest BCUT2D eigenvalue weighted by Crippen LogP contribution is 2.27. The van der Waals surface area contributed by atoms with E-state index in [0.717, 1.165) is 38.5 Å². The molecule has 1 N–H and O–H groups in total. The number of carbonyl (C=O) groups is 1. The van der Waals surface area contributed by atoms with Gasteiger partial charge in [0.2, 0.25) is 5.91 Å². The molecule has 2 fully saturated rings. The zero-order valence-corrected chi connectivity index (χ0v) is 12.5. The molecule has 3 heteroatoms. The van der Waals surface area contributed by atoms with Crippen LogP contribution in [0.4, 0.5) is 0 Å². The Balaban J connectivity index is 1.76. The van der Waals surface area contributed by atoms with Gasteiger partial charge in [0.15, 0.2) is 0 Å². The summed E-state index contributed by atoms with van der Waals surface area (Å²) in [6.07, 6.45) is 9.85. The average Bonchev–Trinajstić information content (AvgIpc) is 2.47. The lowest BCUT2D eigenvalue weighted by Crippen LogP contribution is -2.39. The average molecular weight is 266 g/mol. The predicted octanol–water partition coefficient (Wildman–Crippen LogP) is 2.80. The third-order valence-electron chi connectivity index (χ3n) is 4.86. The van der Waals surface area contributed by atoms with Gasteiger partial charge in [0.05, 0.1) is 0 Å². The molecule has 1 saturated carbocycles. The van der Waals surface area contributed by atoms with Crippen LogP contribution in [0.1, 0.15) is 58.3 Å². The zero-order chi connectivity index (χ0) is 13.5. The van der Waals surface area contributed by atoms with Crippen LogP contribution in [0.2, 0.25) is 0 Å². The Morgan fingerprint density at radius 3 is 2.37 bits per heavy atom. The second-order valence-electron chi connectivity index (χ2n) is 6.33. The largest absolute Gasteiger partial charge is 0.343 e. The van der Waals surface area contributed by atoms with E-state index in [-0.39, 0.29) is 0 Å². The number of hydrogen-bond acceptors (Lipinski definition) is 2. The fraction of sp³-hybridized carbons (Fsp3) is 0.938. The topological polar surface area (TPSA) is 32.3 Å². The van der Waals surface area contributed by atoms with E-state index >= 15 is 0 Å². The normalized spacial score (nSPS) is 22.4. The van der Waals surface area contributed by atoms with E-state index in [1.54, 1.807) is 0 Å². The highest BCUT2D eigenvalue weighted by atomic mass is 16.2. The van der Waals surface area contributed by atoms with Crippen molar-refractivity contribution in [1.29, 1.82) is 0 Å². The predicted molar refractivity (Wildman–Crippen MR) is 79.0 cm³/mol. The first-order chi connectivity index (χ1) is 9.29. The lowest BCUT2D eigenvalue weighted by atomic mass is 9.86. The van der Waals surface area contributed by atoms with Crippen LogP contribution >= 0.6 is 0 Å². The number of rotatable bonds is 5. The summed E-state index contributed by atoms with van der Waals surface area (Å²) in [5.41, 5.74) is 0. The fourth-order valence-corrected chi connectivity index (χ4v) is 3.55. The molecule has 1 heterocycles. The van der Waals surface area contributed by atoms with Gasteiger partial charge < -0.3 is 10.2 Å². The van der Waals surface area contributed by atoms with Crippen molar-refractivity contribution in [2.45, 2.75) is 58.3 Å². The Kier molecular flexibility index (Phi) is 6.15. The lowest BCUT2D eigenvalue weighted by Gasteiger charge is -2.31. The van der Waals surface area contributed by atoms with Crippen molar-refractivity contribution in [3.8, 4) is 0 Å². The molecule has 110 valence electrons. The van der Waals surface area contributed by atoms with Crippen molar-refractivity contribution < 1.29 is 4.79 Å². The maximum atomic E-state index is 12.4. The van der Waals surface area contributed by atoms with Gasteiger partial charge in [-0.15, -0.1) is 0 Å². The third kappa shape index (κ3) is 4.79. The maximum Gasteiger partial charge on any atom is 0.222 e. The molecule has 0 spiro atoms. The van der Waals surface area contributed by atoms with Crippen LogP contribution in [0.25, 0.3) is 0 Å². The second kappa shape index (κ2) is 7.88. The Morgan fingerprint density at radius 1 is 1.05 bits per heavy atom. The first-order valence-electron chi connectivity index (χ1n) is 8.28. The monoisotopic (exact) mass is 266 g/mol. The molecule has 2 rings (SSSR count). The van der Waals surface area contributed by atoms with Gasteiger partial charge in [0, 0.05) is 19.5 Å². The molecule has 0 aromatic carbocycles. The van der Waals surface area contributed by atoms with Crippen LogP contribution in [-0.2, 0) is 4.79 Å². The molecule has 0 aromatic heterocycles.